The molecule has 0 heterocycles. The first-order chi connectivity index (χ1) is 9.08. The fourth-order valence-electron chi connectivity index (χ4n) is 1.95. The van der Waals surface area contributed by atoms with Crippen LogP contribution in [0.1, 0.15) is 25.7 Å². The van der Waals surface area contributed by atoms with Crippen molar-refractivity contribution in [3.8, 4) is 0 Å². The van der Waals surface area contributed by atoms with Gasteiger partial charge in [0.05, 0.1) is 10.6 Å². The number of ketones is 1. The van der Waals surface area contributed by atoms with Gasteiger partial charge in [0.2, 0.25) is 0 Å². The Hall–Kier alpha value is -1.69. The minimum absolute atomic E-state index is 0.0267. The first kappa shape index (κ1) is 13.7. The molecule has 19 heavy (non-hydrogen) atoms. The minimum Gasteiger partial charge on any atom is -0.360 e. The Bertz CT molecular complexity index is 555. The maximum atomic E-state index is 11.6. The van der Waals surface area contributed by atoms with Gasteiger partial charge >= 0.3 is 0 Å². The smallest absolute Gasteiger partial charge is 0.270 e. The number of Topliss-reactive ketones (excluding diaryl/α,β-unsaturated/α-hetero) is 1. The number of allylic oxidation sites excluding steroid dienone is 1. The van der Waals surface area contributed by atoms with Gasteiger partial charge in [-0.1, -0.05) is 0 Å². The highest BCUT2D eigenvalue weighted by molar-refractivity contribution is 9.10. The maximum absolute atomic E-state index is 11.6. The zero-order chi connectivity index (χ0) is 13.8. The number of hydrogen-bond donors (Lipinski definition) is 1. The third-order valence-electron chi connectivity index (χ3n) is 3.02. The van der Waals surface area contributed by atoms with E-state index in [2.05, 4.69) is 21.2 Å². The largest absolute Gasteiger partial charge is 0.360 e. The Morgan fingerprint density at radius 2 is 2.05 bits per heavy atom. The summed E-state index contributed by atoms with van der Waals surface area (Å²) in [4.78, 5) is 21.8. The zero-order valence-electron chi connectivity index (χ0n) is 10.2. The van der Waals surface area contributed by atoms with E-state index in [0.717, 1.165) is 24.8 Å². The predicted molar refractivity (Wildman–Crippen MR) is 76.0 cm³/mol. The van der Waals surface area contributed by atoms with E-state index in [1.165, 1.54) is 12.1 Å². The van der Waals surface area contributed by atoms with Gasteiger partial charge in [-0.3, -0.25) is 14.9 Å². The lowest BCUT2D eigenvalue weighted by Crippen LogP contribution is -2.10. The molecular formula is C13H13BrN2O3. The Labute approximate surface area is 119 Å². The van der Waals surface area contributed by atoms with Crippen LogP contribution in [0, 0.1) is 10.1 Å². The van der Waals surface area contributed by atoms with Crippen molar-refractivity contribution in [3.63, 3.8) is 0 Å². The van der Waals surface area contributed by atoms with Gasteiger partial charge in [0.25, 0.3) is 5.69 Å². The van der Waals surface area contributed by atoms with Crippen LogP contribution in [0.25, 0.3) is 0 Å². The number of halogens is 1. The second-order valence-corrected chi connectivity index (χ2v) is 5.22. The van der Waals surface area contributed by atoms with E-state index in [1.807, 2.05) is 0 Å². The summed E-state index contributed by atoms with van der Waals surface area (Å²) in [7, 11) is 0. The Kier molecular flexibility index (Phi) is 4.31. The van der Waals surface area contributed by atoms with Gasteiger partial charge in [0.1, 0.15) is 0 Å². The number of non-ortho nitro benzene ring substituents is 1. The molecule has 0 bridgehead atoms. The molecule has 0 amide bonds. The first-order valence-corrected chi connectivity index (χ1v) is 6.80. The standard InChI is InChI=1S/C13H13BrN2O3/c14-11-7-10(16(18)19)5-6-12(11)15-8-9-3-1-2-4-13(9)17/h5-8,15H,1-4H2/b9-8+. The Morgan fingerprint density at radius 3 is 2.68 bits per heavy atom. The summed E-state index contributed by atoms with van der Waals surface area (Å²) in [5.74, 6) is 0.178. The summed E-state index contributed by atoms with van der Waals surface area (Å²) < 4.78 is 0.599. The first-order valence-electron chi connectivity index (χ1n) is 6.00. The van der Waals surface area contributed by atoms with Crippen molar-refractivity contribution in [1.29, 1.82) is 0 Å². The fraction of sp³-hybridized carbons (Fsp3) is 0.308. The second-order valence-electron chi connectivity index (χ2n) is 4.37. The van der Waals surface area contributed by atoms with Crippen molar-refractivity contribution < 1.29 is 9.72 Å². The molecular weight excluding hydrogens is 312 g/mol. The number of benzene rings is 1. The quantitative estimate of drug-likeness (QED) is 0.521. The molecule has 1 aliphatic carbocycles. The third-order valence-corrected chi connectivity index (χ3v) is 3.68. The molecule has 0 unspecified atom stereocenters. The van der Waals surface area contributed by atoms with Crippen LogP contribution in [0.3, 0.4) is 0 Å². The van der Waals surface area contributed by atoms with Gasteiger partial charge in [0, 0.05) is 34.8 Å². The van der Waals surface area contributed by atoms with Crippen molar-refractivity contribution in [2.75, 3.05) is 5.32 Å². The van der Waals surface area contributed by atoms with Crippen molar-refractivity contribution in [2.24, 2.45) is 0 Å². The molecule has 2 rings (SSSR count). The van der Waals surface area contributed by atoms with Gasteiger partial charge in [0.15, 0.2) is 5.78 Å². The van der Waals surface area contributed by atoms with Gasteiger partial charge < -0.3 is 5.32 Å². The molecule has 0 saturated heterocycles. The van der Waals surface area contributed by atoms with Crippen LogP contribution in [0.4, 0.5) is 11.4 Å². The highest BCUT2D eigenvalue weighted by Crippen LogP contribution is 2.28. The molecule has 1 fully saturated rings. The lowest BCUT2D eigenvalue weighted by Gasteiger charge is -2.13. The number of nitrogens with zero attached hydrogens (tertiary/aromatic N) is 1. The highest BCUT2D eigenvalue weighted by Gasteiger charge is 2.15. The van der Waals surface area contributed by atoms with Crippen molar-refractivity contribution in [1.82, 2.24) is 0 Å². The number of carbonyl (C=O) groups excluding carboxylic acids is 1. The Morgan fingerprint density at radius 1 is 1.32 bits per heavy atom. The SMILES string of the molecule is O=C1CCCC/C1=C\Nc1ccc([N+](=O)[O-])cc1Br. The third kappa shape index (κ3) is 3.41. The van der Waals surface area contributed by atoms with Gasteiger partial charge in [-0.25, -0.2) is 0 Å². The molecule has 100 valence electrons. The van der Waals surface area contributed by atoms with Gasteiger partial charge in [-0.05, 0) is 41.3 Å². The lowest BCUT2D eigenvalue weighted by atomic mass is 9.94. The number of carbonyl (C=O) groups is 1. The van der Waals surface area contributed by atoms with Crippen LogP contribution in [-0.2, 0) is 4.79 Å². The lowest BCUT2D eigenvalue weighted by molar-refractivity contribution is -0.384. The second kappa shape index (κ2) is 5.97. The van der Waals surface area contributed by atoms with E-state index in [0.29, 0.717) is 16.6 Å². The molecule has 1 aromatic rings. The summed E-state index contributed by atoms with van der Waals surface area (Å²) >= 11 is 3.27. The maximum Gasteiger partial charge on any atom is 0.270 e. The fourth-order valence-corrected chi connectivity index (χ4v) is 2.43. The molecule has 0 atom stereocenters. The summed E-state index contributed by atoms with van der Waals surface area (Å²) in [6.07, 6.45) is 5.08. The number of nitrogens with one attached hydrogen (secondary N) is 1. The van der Waals surface area contributed by atoms with Crippen LogP contribution in [0.15, 0.2) is 34.4 Å². The van der Waals surface area contributed by atoms with Crippen LogP contribution in [0.5, 0.6) is 0 Å². The number of nitro benzene ring substituents is 1. The van der Waals surface area contributed by atoms with E-state index in [-0.39, 0.29) is 11.5 Å². The number of anilines is 1. The normalized spacial score (nSPS) is 17.5. The van der Waals surface area contributed by atoms with Crippen LogP contribution in [-0.4, -0.2) is 10.7 Å². The average molecular weight is 325 g/mol. The molecule has 6 heteroatoms. The molecule has 0 aliphatic heterocycles. The molecule has 0 spiro atoms. The van der Waals surface area contributed by atoms with Crippen LogP contribution >= 0.6 is 15.9 Å². The van der Waals surface area contributed by atoms with Crippen molar-refractivity contribution in [3.05, 3.63) is 44.6 Å². The van der Waals surface area contributed by atoms with E-state index >= 15 is 0 Å². The molecule has 1 aromatic carbocycles. The molecule has 1 saturated carbocycles. The van der Waals surface area contributed by atoms with E-state index in [4.69, 9.17) is 0 Å². The highest BCUT2D eigenvalue weighted by atomic mass is 79.9. The number of nitro groups is 1. The number of rotatable bonds is 3. The minimum atomic E-state index is -0.447. The summed E-state index contributed by atoms with van der Waals surface area (Å²) in [5, 5.41) is 13.6. The zero-order valence-corrected chi connectivity index (χ0v) is 11.8. The van der Waals surface area contributed by atoms with E-state index < -0.39 is 4.92 Å². The summed E-state index contributed by atoms with van der Waals surface area (Å²) in [6, 6.07) is 4.48. The van der Waals surface area contributed by atoms with E-state index in [9.17, 15) is 14.9 Å². The number of hydrogen-bond acceptors (Lipinski definition) is 4. The summed E-state index contributed by atoms with van der Waals surface area (Å²) in [6.45, 7) is 0. The molecule has 1 N–H and O–H groups in total. The average Bonchev–Trinajstić information content (AvgIpc) is 2.39. The van der Waals surface area contributed by atoms with E-state index in [1.54, 1.807) is 12.3 Å². The van der Waals surface area contributed by atoms with Crippen molar-refractivity contribution >= 4 is 33.1 Å². The molecule has 5 nitrogen and oxygen atoms in total. The molecule has 1 aliphatic rings. The predicted octanol–water partition coefficient (Wildman–Crippen LogP) is 3.80. The van der Waals surface area contributed by atoms with Crippen LogP contribution < -0.4 is 5.32 Å². The monoisotopic (exact) mass is 324 g/mol. The Balaban J connectivity index is 2.13. The molecule has 0 aromatic heterocycles. The van der Waals surface area contributed by atoms with Gasteiger partial charge in [-0.2, -0.15) is 0 Å². The molecule has 0 radical (unpaired) electrons. The topological polar surface area (TPSA) is 72.2 Å². The summed E-state index contributed by atoms with van der Waals surface area (Å²) in [5.41, 5.74) is 1.52. The van der Waals surface area contributed by atoms with Gasteiger partial charge in [-0.15, -0.1) is 0 Å². The van der Waals surface area contributed by atoms with Crippen LogP contribution in [0.2, 0.25) is 0 Å². The van der Waals surface area contributed by atoms with Crippen molar-refractivity contribution in [2.45, 2.75) is 25.7 Å².